The van der Waals surface area contributed by atoms with E-state index in [0.29, 0.717) is 68.8 Å². The molecule has 0 radical (unpaired) electrons. The molecule has 4 aromatic heterocycles. The van der Waals surface area contributed by atoms with Crippen LogP contribution in [0.4, 0.5) is 0 Å². The molecule has 0 aliphatic rings. The second-order valence-electron chi connectivity index (χ2n) is 35.8. The number of hydrogen-bond donors (Lipinski definition) is 0. The molecule has 696 valence electrons. The van der Waals surface area contributed by atoms with Gasteiger partial charge in [-0.25, -0.2) is 59.8 Å². The highest BCUT2D eigenvalue weighted by Crippen LogP contribution is 2.41. The average Bonchev–Trinajstić information content (AvgIpc) is 0.829. The van der Waals surface area contributed by atoms with Gasteiger partial charge in [0.1, 0.15) is 0 Å². The summed E-state index contributed by atoms with van der Waals surface area (Å²) in [5.41, 5.74) is 30.1. The Morgan fingerprint density at radius 3 is 0.318 bits per heavy atom. The van der Waals surface area contributed by atoms with Crippen LogP contribution in [0.5, 0.6) is 0 Å². The summed E-state index contributed by atoms with van der Waals surface area (Å²) < 4.78 is 0. The SMILES string of the molecule is O=C(c1nc(-c2cc(-c3ccccc3)cc(-c3ccccc3)c2)nc(-c2cc(-c3ccccc3)cc(-c3ccccc3)c2)n1)c1nc(-c2cc(-c3ccccc3)cc(-c3ccccc3)c2)nc(-c2cc(-c3ccccc3)cc(-c3ccccc3)c2)n1.O=C(c1nc(-c2ccc(-c3ccccc3)cc2)nc(-c2ccc(-c3ccccc3)cc2)n1)c1nc(-c2ccc(-c3ccccc3)cc2)nc(-c2ccc(-c3ccccc3)cc2)n1. The fraction of sp³-hybridized carbons (Fsp3) is 0. The summed E-state index contributed by atoms with van der Waals surface area (Å²) in [7, 11) is 0. The Morgan fingerprint density at radius 2 is 0.189 bits per heavy atom. The zero-order valence-electron chi connectivity index (χ0n) is 80.0. The first-order valence-corrected chi connectivity index (χ1v) is 48.9. The molecule has 0 saturated carbocycles. The molecule has 14 heteroatoms. The minimum Gasteiger partial charge on any atom is -0.281 e. The number of hydrogen-bond acceptors (Lipinski definition) is 14. The van der Waals surface area contributed by atoms with Crippen molar-refractivity contribution in [3.8, 4) is 225 Å². The lowest BCUT2D eigenvalue weighted by atomic mass is 9.95. The van der Waals surface area contributed by atoms with Crippen molar-refractivity contribution in [2.24, 2.45) is 0 Å². The van der Waals surface area contributed by atoms with Crippen LogP contribution in [0.25, 0.3) is 225 Å². The van der Waals surface area contributed by atoms with Gasteiger partial charge in [0.05, 0.1) is 0 Å². The highest BCUT2D eigenvalue weighted by Gasteiger charge is 2.29. The second-order valence-corrected chi connectivity index (χ2v) is 35.8. The van der Waals surface area contributed by atoms with Crippen molar-refractivity contribution < 1.29 is 9.59 Å². The number of carbonyl (C=O) groups excluding carboxylic acids is 2. The van der Waals surface area contributed by atoms with Crippen LogP contribution in [0.1, 0.15) is 32.9 Å². The maximum Gasteiger partial charge on any atom is 0.267 e. The summed E-state index contributed by atoms with van der Waals surface area (Å²) in [6.45, 7) is 0. The molecule has 0 unspecified atom stereocenters. The summed E-state index contributed by atoms with van der Waals surface area (Å²) in [5, 5.41) is 0. The number of rotatable bonds is 24. The summed E-state index contributed by atoms with van der Waals surface area (Å²) in [5.74, 6) is 1.08. The molecular formula is C134H88N12O2. The molecule has 4 heterocycles. The van der Waals surface area contributed by atoms with Gasteiger partial charge in [-0.3, -0.25) is 9.59 Å². The van der Waals surface area contributed by atoms with Crippen LogP contribution in [0.15, 0.2) is 534 Å². The van der Waals surface area contributed by atoms with Crippen LogP contribution in [-0.2, 0) is 0 Å². The Hall–Kier alpha value is -20.2. The van der Waals surface area contributed by atoms with Crippen LogP contribution >= 0.6 is 0 Å². The first kappa shape index (κ1) is 91.5. The Kier molecular flexibility index (Phi) is 26.2. The molecule has 20 aromatic carbocycles. The zero-order valence-corrected chi connectivity index (χ0v) is 80.0. The molecule has 0 spiro atoms. The van der Waals surface area contributed by atoms with Gasteiger partial charge in [0.2, 0.25) is 23.3 Å². The summed E-state index contributed by atoms with van der Waals surface area (Å²) in [4.78, 5) is 91.5. The number of nitrogens with zero attached hydrogens (tertiary/aromatic N) is 12. The predicted molar refractivity (Wildman–Crippen MR) is 595 cm³/mol. The van der Waals surface area contributed by atoms with E-state index in [9.17, 15) is 4.79 Å². The molecule has 0 bridgehead atoms. The lowest BCUT2D eigenvalue weighted by molar-refractivity contribution is 0.101. The van der Waals surface area contributed by atoms with Gasteiger partial charge < -0.3 is 0 Å². The minimum atomic E-state index is -0.602. The molecule has 24 rings (SSSR count). The third-order valence-electron chi connectivity index (χ3n) is 26.0. The van der Waals surface area contributed by atoms with E-state index in [1.807, 2.05) is 315 Å². The first-order chi connectivity index (χ1) is 73.1. The number of ketones is 2. The van der Waals surface area contributed by atoms with Crippen LogP contribution in [0.2, 0.25) is 0 Å². The summed E-state index contributed by atoms with van der Waals surface area (Å²) >= 11 is 0. The van der Waals surface area contributed by atoms with Gasteiger partial charge in [0, 0.05) is 44.5 Å². The molecule has 148 heavy (non-hydrogen) atoms. The van der Waals surface area contributed by atoms with Gasteiger partial charge in [-0.2, -0.15) is 0 Å². The molecule has 0 amide bonds. The highest BCUT2D eigenvalue weighted by atomic mass is 16.1. The van der Waals surface area contributed by atoms with E-state index in [-0.39, 0.29) is 23.3 Å². The van der Waals surface area contributed by atoms with E-state index in [0.717, 1.165) is 156 Å². The Bertz CT molecular complexity index is 7630. The third-order valence-corrected chi connectivity index (χ3v) is 26.0. The van der Waals surface area contributed by atoms with Gasteiger partial charge in [0.15, 0.2) is 46.6 Å². The van der Waals surface area contributed by atoms with Gasteiger partial charge >= 0.3 is 0 Å². The molecule has 0 saturated heterocycles. The molecule has 24 aromatic rings. The minimum absolute atomic E-state index is 0.0776. The molecule has 14 nitrogen and oxygen atoms in total. The van der Waals surface area contributed by atoms with Crippen LogP contribution in [-0.4, -0.2) is 71.4 Å². The van der Waals surface area contributed by atoms with E-state index in [1.165, 1.54) is 0 Å². The zero-order chi connectivity index (χ0) is 99.3. The van der Waals surface area contributed by atoms with Crippen molar-refractivity contribution in [1.82, 2.24) is 59.8 Å². The second kappa shape index (κ2) is 42.3. The van der Waals surface area contributed by atoms with E-state index in [2.05, 4.69) is 218 Å². The monoisotopic (exact) mass is 1900 g/mol. The largest absolute Gasteiger partial charge is 0.281 e. The summed E-state index contributed by atoms with van der Waals surface area (Å²) in [6.07, 6.45) is 0. The van der Waals surface area contributed by atoms with Crippen molar-refractivity contribution in [2.75, 3.05) is 0 Å². The number of aromatic nitrogens is 12. The number of benzene rings is 20. The topological polar surface area (TPSA) is 189 Å². The lowest BCUT2D eigenvalue weighted by Crippen LogP contribution is -2.15. The van der Waals surface area contributed by atoms with E-state index in [1.54, 1.807) is 0 Å². The molecular weight excluding hydrogens is 1810 g/mol. The smallest absolute Gasteiger partial charge is 0.267 e. The van der Waals surface area contributed by atoms with Crippen molar-refractivity contribution in [3.05, 3.63) is 557 Å². The van der Waals surface area contributed by atoms with Crippen molar-refractivity contribution in [2.45, 2.75) is 0 Å². The normalized spacial score (nSPS) is 11.0. The number of carbonyl (C=O) groups is 2. The van der Waals surface area contributed by atoms with Crippen molar-refractivity contribution in [1.29, 1.82) is 0 Å². The van der Waals surface area contributed by atoms with Gasteiger partial charge in [-0.15, -0.1) is 0 Å². The van der Waals surface area contributed by atoms with Crippen LogP contribution in [0.3, 0.4) is 0 Å². The van der Waals surface area contributed by atoms with Crippen LogP contribution < -0.4 is 0 Å². The Balaban J connectivity index is 0.000000172. The standard InChI is InChI=1S/C79H52N6O.C55H36N6O/c86-73(78-82-74(69-45-61(53-25-9-1-10-26-53)41-62(46-69)54-27-11-2-12-28-54)80-75(83-78)70-47-63(55-29-13-3-14-30-55)42-64(48-70)56-31-15-4-16-32-56)79-84-76(71-49-65(57-33-17-5-18-34-57)43-66(50-71)58-35-19-6-20-36-58)81-77(85-79)72-51-67(59-37-21-7-22-38-59)44-68(52-72)60-39-23-8-24-40-60;62-49(54-58-50(45-29-21-41(22-30-45)37-13-5-1-6-14-37)56-51(59-54)46-31-23-42(24-32-46)38-15-7-2-8-16-38)55-60-52(47-33-25-43(26-34-47)39-17-9-3-10-18-39)57-53(61-55)48-35-27-44(28-36-48)40-19-11-4-12-20-40/h1-52H;1-36H. The fourth-order valence-corrected chi connectivity index (χ4v) is 18.3. The third kappa shape index (κ3) is 20.7. The quantitative estimate of drug-likeness (QED) is 0.0520. The molecule has 0 N–H and O–H groups in total. The average molecular weight is 1900 g/mol. The van der Waals surface area contributed by atoms with Crippen LogP contribution in [0, 0.1) is 0 Å². The fourth-order valence-electron chi connectivity index (χ4n) is 18.3. The van der Waals surface area contributed by atoms with E-state index >= 15 is 4.79 Å². The van der Waals surface area contributed by atoms with E-state index in [4.69, 9.17) is 59.8 Å². The van der Waals surface area contributed by atoms with Gasteiger partial charge in [-0.05, 0) is 206 Å². The predicted octanol–water partition coefficient (Wildman–Crippen LogP) is 31.9. The van der Waals surface area contributed by atoms with Gasteiger partial charge in [0.25, 0.3) is 11.6 Å². The first-order valence-electron chi connectivity index (χ1n) is 48.9. The van der Waals surface area contributed by atoms with Gasteiger partial charge in [-0.1, -0.05) is 461 Å². The Morgan fingerprint density at radius 1 is 0.0946 bits per heavy atom. The molecule has 0 aliphatic carbocycles. The van der Waals surface area contributed by atoms with Crippen molar-refractivity contribution >= 4 is 11.6 Å². The highest BCUT2D eigenvalue weighted by molar-refractivity contribution is 6.06. The summed E-state index contributed by atoms with van der Waals surface area (Å²) in [6, 6.07) is 180. The van der Waals surface area contributed by atoms with E-state index < -0.39 is 11.6 Å². The maximum absolute atomic E-state index is 16.2. The molecule has 0 atom stereocenters. The lowest BCUT2D eigenvalue weighted by Gasteiger charge is -2.14. The maximum atomic E-state index is 16.2. The molecule has 0 aliphatic heterocycles. The molecule has 0 fully saturated rings. The Labute approximate surface area is 856 Å². The van der Waals surface area contributed by atoms with Crippen molar-refractivity contribution in [3.63, 3.8) is 0 Å².